The Morgan fingerprint density at radius 3 is 2.33 bits per heavy atom. The van der Waals surface area contributed by atoms with E-state index < -0.39 is 0 Å². The van der Waals surface area contributed by atoms with Crippen LogP contribution in [-0.2, 0) is 0 Å². The summed E-state index contributed by atoms with van der Waals surface area (Å²) < 4.78 is 0. The summed E-state index contributed by atoms with van der Waals surface area (Å²) in [5, 5.41) is 4.33. The number of hydrogen-bond acceptors (Lipinski definition) is 5. The van der Waals surface area contributed by atoms with Crippen LogP contribution in [0.3, 0.4) is 0 Å². The number of nitrogens with two attached hydrogens (primary N) is 1. The Morgan fingerprint density at radius 2 is 1.54 bits per heavy atom. The average Bonchev–Trinajstić information content (AvgIpc) is 2.64. The molecule has 0 saturated carbocycles. The molecular weight excluding hydrogens is 298 g/mol. The molecule has 2 heterocycles. The highest BCUT2D eigenvalue weighted by Crippen LogP contribution is 2.27. The summed E-state index contributed by atoms with van der Waals surface area (Å²) in [6.07, 6.45) is 3.47. The van der Waals surface area contributed by atoms with Crippen molar-refractivity contribution in [2.24, 2.45) is 0 Å². The van der Waals surface area contributed by atoms with Gasteiger partial charge in [-0.15, -0.1) is 0 Å². The Kier molecular flexibility index (Phi) is 3.51. The summed E-state index contributed by atoms with van der Waals surface area (Å²) >= 11 is 0. The van der Waals surface area contributed by atoms with Crippen molar-refractivity contribution in [3.63, 3.8) is 0 Å². The van der Waals surface area contributed by atoms with Crippen molar-refractivity contribution in [2.75, 3.05) is 11.1 Å². The van der Waals surface area contributed by atoms with E-state index in [4.69, 9.17) is 10.7 Å². The number of rotatable bonds is 3. The molecule has 0 aliphatic rings. The average molecular weight is 313 g/mol. The number of hydrogen-bond donors (Lipinski definition) is 2. The smallest absolute Gasteiger partial charge is 0.162 e. The van der Waals surface area contributed by atoms with Gasteiger partial charge in [0.1, 0.15) is 5.82 Å². The van der Waals surface area contributed by atoms with Gasteiger partial charge in [-0.05, 0) is 48.5 Å². The molecule has 0 aliphatic heterocycles. The summed E-state index contributed by atoms with van der Waals surface area (Å²) in [7, 11) is 0. The number of aromatic nitrogens is 3. The SMILES string of the molecule is Nc1ccc(Nc2nc(-c3ccncc3)nc3ccccc23)cc1. The molecule has 0 saturated heterocycles. The van der Waals surface area contributed by atoms with Crippen molar-refractivity contribution in [3.05, 3.63) is 73.1 Å². The lowest BCUT2D eigenvalue weighted by Crippen LogP contribution is -1.99. The van der Waals surface area contributed by atoms with Crippen LogP contribution in [0, 0.1) is 0 Å². The first-order valence-corrected chi connectivity index (χ1v) is 7.59. The second-order valence-electron chi connectivity index (χ2n) is 5.40. The number of nitrogens with zero attached hydrogens (tertiary/aromatic N) is 3. The molecule has 24 heavy (non-hydrogen) atoms. The molecule has 0 atom stereocenters. The minimum absolute atomic E-state index is 0.661. The number of nitrogen functional groups attached to an aromatic ring is 1. The zero-order valence-corrected chi connectivity index (χ0v) is 12.8. The van der Waals surface area contributed by atoms with Crippen LogP contribution in [0.2, 0.25) is 0 Å². The minimum atomic E-state index is 0.661. The predicted octanol–water partition coefficient (Wildman–Crippen LogP) is 4.02. The van der Waals surface area contributed by atoms with Gasteiger partial charge < -0.3 is 11.1 Å². The molecule has 4 rings (SSSR count). The summed E-state index contributed by atoms with van der Waals surface area (Å²) in [6, 6.07) is 19.3. The number of fused-ring (bicyclic) bond motifs is 1. The normalized spacial score (nSPS) is 10.7. The Balaban J connectivity index is 1.85. The fourth-order valence-corrected chi connectivity index (χ4v) is 2.51. The van der Waals surface area contributed by atoms with Crippen LogP contribution in [-0.4, -0.2) is 15.0 Å². The monoisotopic (exact) mass is 313 g/mol. The van der Waals surface area contributed by atoms with Crippen molar-refractivity contribution in [1.29, 1.82) is 0 Å². The molecule has 0 spiro atoms. The summed E-state index contributed by atoms with van der Waals surface area (Å²) in [5.74, 6) is 1.42. The Bertz CT molecular complexity index is 981. The molecule has 5 heteroatoms. The van der Waals surface area contributed by atoms with E-state index in [1.54, 1.807) is 12.4 Å². The topological polar surface area (TPSA) is 76.7 Å². The number of nitrogens with one attached hydrogen (secondary N) is 1. The number of para-hydroxylation sites is 1. The van der Waals surface area contributed by atoms with Gasteiger partial charge in [0.05, 0.1) is 5.52 Å². The Morgan fingerprint density at radius 1 is 0.792 bits per heavy atom. The molecule has 0 unspecified atom stereocenters. The van der Waals surface area contributed by atoms with Crippen molar-refractivity contribution in [2.45, 2.75) is 0 Å². The Labute approximate surface area is 139 Å². The van der Waals surface area contributed by atoms with Gasteiger partial charge in [0.25, 0.3) is 0 Å². The van der Waals surface area contributed by atoms with E-state index >= 15 is 0 Å². The molecular formula is C19H15N5. The Hall–Kier alpha value is -3.47. The summed E-state index contributed by atoms with van der Waals surface area (Å²) in [4.78, 5) is 13.4. The first kappa shape index (κ1) is 14.1. The third kappa shape index (κ3) is 2.75. The number of benzene rings is 2. The van der Waals surface area contributed by atoms with Gasteiger partial charge in [-0.2, -0.15) is 0 Å². The van der Waals surface area contributed by atoms with E-state index in [0.717, 1.165) is 33.7 Å². The fourth-order valence-electron chi connectivity index (χ4n) is 2.51. The molecule has 0 fully saturated rings. The van der Waals surface area contributed by atoms with E-state index in [9.17, 15) is 0 Å². The zero-order valence-electron chi connectivity index (χ0n) is 12.8. The van der Waals surface area contributed by atoms with E-state index in [-0.39, 0.29) is 0 Å². The first-order valence-electron chi connectivity index (χ1n) is 7.59. The van der Waals surface area contributed by atoms with Gasteiger partial charge in [-0.25, -0.2) is 9.97 Å². The van der Waals surface area contributed by atoms with Crippen LogP contribution >= 0.6 is 0 Å². The molecule has 5 nitrogen and oxygen atoms in total. The summed E-state index contributed by atoms with van der Waals surface area (Å²) in [5.41, 5.74) is 9.22. The maximum atomic E-state index is 5.75. The lowest BCUT2D eigenvalue weighted by Gasteiger charge is -2.11. The van der Waals surface area contributed by atoms with Crippen LogP contribution in [0.5, 0.6) is 0 Å². The molecule has 0 radical (unpaired) electrons. The highest BCUT2D eigenvalue weighted by molar-refractivity contribution is 5.92. The van der Waals surface area contributed by atoms with E-state index in [1.165, 1.54) is 0 Å². The molecule has 2 aromatic heterocycles. The molecule has 2 aromatic carbocycles. The minimum Gasteiger partial charge on any atom is -0.399 e. The van der Waals surface area contributed by atoms with E-state index in [1.807, 2.05) is 60.7 Å². The van der Waals surface area contributed by atoms with Crippen molar-refractivity contribution >= 4 is 28.1 Å². The summed E-state index contributed by atoms with van der Waals surface area (Å²) in [6.45, 7) is 0. The van der Waals surface area contributed by atoms with Crippen LogP contribution in [0.1, 0.15) is 0 Å². The molecule has 4 aromatic rings. The second-order valence-corrected chi connectivity index (χ2v) is 5.40. The molecule has 3 N–H and O–H groups in total. The number of anilines is 3. The molecule has 0 aliphatic carbocycles. The lowest BCUT2D eigenvalue weighted by molar-refractivity contribution is 1.21. The van der Waals surface area contributed by atoms with Crippen molar-refractivity contribution in [1.82, 2.24) is 15.0 Å². The third-order valence-electron chi connectivity index (χ3n) is 3.72. The zero-order chi connectivity index (χ0) is 16.4. The first-order chi connectivity index (χ1) is 11.8. The molecule has 0 amide bonds. The van der Waals surface area contributed by atoms with Gasteiger partial charge in [0, 0.05) is 34.7 Å². The maximum Gasteiger partial charge on any atom is 0.162 e. The fraction of sp³-hybridized carbons (Fsp3) is 0. The maximum absolute atomic E-state index is 5.75. The third-order valence-corrected chi connectivity index (χ3v) is 3.72. The van der Waals surface area contributed by atoms with Crippen LogP contribution in [0.4, 0.5) is 17.2 Å². The van der Waals surface area contributed by atoms with Gasteiger partial charge >= 0.3 is 0 Å². The van der Waals surface area contributed by atoms with E-state index in [0.29, 0.717) is 5.82 Å². The van der Waals surface area contributed by atoms with Crippen LogP contribution < -0.4 is 11.1 Å². The molecule has 0 bridgehead atoms. The van der Waals surface area contributed by atoms with Crippen LogP contribution in [0.15, 0.2) is 73.1 Å². The van der Waals surface area contributed by atoms with Crippen molar-refractivity contribution < 1.29 is 0 Å². The predicted molar refractivity (Wildman–Crippen MR) is 96.9 cm³/mol. The van der Waals surface area contributed by atoms with Gasteiger partial charge in [0.2, 0.25) is 0 Å². The lowest BCUT2D eigenvalue weighted by atomic mass is 10.2. The van der Waals surface area contributed by atoms with Crippen LogP contribution in [0.25, 0.3) is 22.3 Å². The van der Waals surface area contributed by atoms with E-state index in [2.05, 4.69) is 15.3 Å². The molecule has 116 valence electrons. The highest BCUT2D eigenvalue weighted by atomic mass is 15.0. The standard InChI is InChI=1S/C19H15N5/c20-14-5-7-15(8-6-14)22-19-16-3-1-2-4-17(16)23-18(24-19)13-9-11-21-12-10-13/h1-12H,20H2,(H,22,23,24). The highest BCUT2D eigenvalue weighted by Gasteiger charge is 2.09. The van der Waals surface area contributed by atoms with Gasteiger partial charge in [-0.3, -0.25) is 4.98 Å². The van der Waals surface area contributed by atoms with Gasteiger partial charge in [-0.1, -0.05) is 12.1 Å². The van der Waals surface area contributed by atoms with Crippen molar-refractivity contribution in [3.8, 4) is 11.4 Å². The largest absolute Gasteiger partial charge is 0.399 e. The second kappa shape index (κ2) is 5.96. The van der Waals surface area contributed by atoms with Gasteiger partial charge in [0.15, 0.2) is 5.82 Å². The number of pyridine rings is 1. The quantitative estimate of drug-likeness (QED) is 0.559.